The maximum Gasteiger partial charge on any atom is 0.339 e. The fraction of sp³-hybridized carbons (Fsp3) is 0.316. The van der Waals surface area contributed by atoms with E-state index in [1.807, 2.05) is 0 Å². The molecule has 0 N–H and O–H groups in total. The van der Waals surface area contributed by atoms with Gasteiger partial charge in [-0.1, -0.05) is 12.1 Å². The van der Waals surface area contributed by atoms with E-state index in [4.69, 9.17) is 8.92 Å². The second-order valence-corrected chi connectivity index (χ2v) is 7.41. The number of benzene rings is 2. The molecule has 5 nitrogen and oxygen atoms in total. The molecule has 0 spiro atoms. The van der Waals surface area contributed by atoms with Gasteiger partial charge in [-0.05, 0) is 68.1 Å². The van der Waals surface area contributed by atoms with Gasteiger partial charge in [0, 0.05) is 6.42 Å². The molecule has 134 valence electrons. The van der Waals surface area contributed by atoms with E-state index in [-0.39, 0.29) is 16.4 Å². The van der Waals surface area contributed by atoms with Crippen molar-refractivity contribution >= 4 is 15.9 Å². The molecule has 0 amide bonds. The molecule has 0 heterocycles. The number of carbonyl (C=O) groups is 1. The Hall–Kier alpha value is -2.34. The highest BCUT2D eigenvalue weighted by atomic mass is 32.2. The first kappa shape index (κ1) is 19.0. The van der Waals surface area contributed by atoms with Crippen LogP contribution in [0.4, 0.5) is 0 Å². The van der Waals surface area contributed by atoms with Crippen LogP contribution in [0, 0.1) is 13.8 Å². The van der Waals surface area contributed by atoms with Gasteiger partial charge in [0.25, 0.3) is 0 Å². The zero-order valence-corrected chi connectivity index (χ0v) is 15.6. The lowest BCUT2D eigenvalue weighted by Crippen LogP contribution is -2.12. The maximum atomic E-state index is 12.6. The molecule has 0 aromatic heterocycles. The summed E-state index contributed by atoms with van der Waals surface area (Å²) in [5, 5.41) is 0. The lowest BCUT2D eigenvalue weighted by molar-refractivity contribution is -0.116. The Morgan fingerprint density at radius 2 is 1.64 bits per heavy atom. The van der Waals surface area contributed by atoms with Crippen LogP contribution < -0.4 is 8.92 Å². The summed E-state index contributed by atoms with van der Waals surface area (Å²) in [6, 6.07) is 9.82. The van der Waals surface area contributed by atoms with Gasteiger partial charge in [0.2, 0.25) is 0 Å². The summed E-state index contributed by atoms with van der Waals surface area (Å²) in [5.74, 6) is 0.985. The van der Waals surface area contributed by atoms with Crippen LogP contribution in [0.25, 0.3) is 0 Å². The summed E-state index contributed by atoms with van der Waals surface area (Å²) in [4.78, 5) is 11.1. The molecule has 0 saturated carbocycles. The van der Waals surface area contributed by atoms with E-state index in [0.29, 0.717) is 24.2 Å². The molecule has 0 saturated heterocycles. The number of ether oxygens (including phenoxy) is 1. The van der Waals surface area contributed by atoms with E-state index in [2.05, 4.69) is 0 Å². The normalized spacial score (nSPS) is 11.2. The van der Waals surface area contributed by atoms with Gasteiger partial charge in [-0.2, -0.15) is 8.42 Å². The van der Waals surface area contributed by atoms with E-state index in [1.165, 1.54) is 6.07 Å². The summed E-state index contributed by atoms with van der Waals surface area (Å²) in [7, 11) is -2.40. The van der Waals surface area contributed by atoms with Crippen LogP contribution in [0.3, 0.4) is 0 Å². The van der Waals surface area contributed by atoms with Crippen molar-refractivity contribution in [1.82, 2.24) is 0 Å². The molecule has 6 heteroatoms. The van der Waals surface area contributed by atoms with Gasteiger partial charge in [-0.3, -0.25) is 0 Å². The molecule has 0 unspecified atom stereocenters. The number of hydrogen-bond acceptors (Lipinski definition) is 5. The predicted octanol–water partition coefficient (Wildman–Crippen LogP) is 3.60. The molecule has 0 aliphatic heterocycles. The molecule has 2 aromatic rings. The van der Waals surface area contributed by atoms with Gasteiger partial charge >= 0.3 is 10.1 Å². The second kappa shape index (κ2) is 7.70. The number of methoxy groups -OCH3 is 1. The lowest BCUT2D eigenvalue weighted by atomic mass is 10.1. The Morgan fingerprint density at radius 1 is 1.00 bits per heavy atom. The SMILES string of the molecule is COc1ccc(S(=O)(=O)Oc2ccc(CCC(C)=O)cc2)c(C)c1C. The fourth-order valence-electron chi connectivity index (χ4n) is 2.47. The molecule has 25 heavy (non-hydrogen) atoms. The van der Waals surface area contributed by atoms with E-state index in [0.717, 1.165) is 11.1 Å². The van der Waals surface area contributed by atoms with Crippen molar-refractivity contribution in [2.45, 2.75) is 38.5 Å². The van der Waals surface area contributed by atoms with Crippen LogP contribution in [-0.4, -0.2) is 21.3 Å². The Balaban J connectivity index is 2.21. The van der Waals surface area contributed by atoms with E-state index in [1.54, 1.807) is 58.2 Å². The van der Waals surface area contributed by atoms with Gasteiger partial charge in [-0.15, -0.1) is 0 Å². The van der Waals surface area contributed by atoms with Crippen molar-refractivity contribution in [2.75, 3.05) is 7.11 Å². The molecule has 0 aliphatic carbocycles. The average molecular weight is 362 g/mol. The zero-order valence-electron chi connectivity index (χ0n) is 14.8. The highest BCUT2D eigenvalue weighted by molar-refractivity contribution is 7.87. The third-order valence-corrected chi connectivity index (χ3v) is 5.46. The number of aryl methyl sites for hydroxylation is 1. The van der Waals surface area contributed by atoms with Gasteiger partial charge in [0.1, 0.15) is 22.2 Å². The van der Waals surface area contributed by atoms with Crippen molar-refractivity contribution in [2.24, 2.45) is 0 Å². The molecule has 0 fully saturated rings. The predicted molar refractivity (Wildman–Crippen MR) is 95.7 cm³/mol. The van der Waals surface area contributed by atoms with Crippen molar-refractivity contribution in [3.05, 3.63) is 53.1 Å². The zero-order chi connectivity index (χ0) is 18.6. The number of ketones is 1. The first-order chi connectivity index (χ1) is 11.7. The number of hydrogen-bond donors (Lipinski definition) is 0. The highest BCUT2D eigenvalue weighted by Gasteiger charge is 2.21. The summed E-state index contributed by atoms with van der Waals surface area (Å²) in [6.07, 6.45) is 1.09. The molecule has 0 radical (unpaired) electrons. The fourth-order valence-corrected chi connectivity index (χ4v) is 3.68. The van der Waals surface area contributed by atoms with Gasteiger partial charge in [-0.25, -0.2) is 0 Å². The van der Waals surface area contributed by atoms with Crippen molar-refractivity contribution in [3.63, 3.8) is 0 Å². The Kier molecular flexibility index (Phi) is 5.85. The molecule has 0 bridgehead atoms. The Morgan fingerprint density at radius 3 is 2.20 bits per heavy atom. The standard InChI is InChI=1S/C19H22O5S/c1-13(20)5-6-16-7-9-17(10-8-16)24-25(21,22)19-12-11-18(23-4)14(2)15(19)3/h7-12H,5-6H2,1-4H3. The van der Waals surface area contributed by atoms with E-state index < -0.39 is 10.1 Å². The minimum absolute atomic E-state index is 0.117. The quantitative estimate of drug-likeness (QED) is 0.704. The Labute approximate surface area is 148 Å². The molecule has 0 atom stereocenters. The highest BCUT2D eigenvalue weighted by Crippen LogP contribution is 2.28. The van der Waals surface area contributed by atoms with E-state index in [9.17, 15) is 13.2 Å². The van der Waals surface area contributed by atoms with Crippen LogP contribution in [0.5, 0.6) is 11.5 Å². The topological polar surface area (TPSA) is 69.7 Å². The van der Waals surface area contributed by atoms with Crippen LogP contribution in [-0.2, 0) is 21.3 Å². The van der Waals surface area contributed by atoms with Crippen molar-refractivity contribution in [1.29, 1.82) is 0 Å². The first-order valence-electron chi connectivity index (χ1n) is 7.91. The van der Waals surface area contributed by atoms with Crippen LogP contribution in [0.1, 0.15) is 30.0 Å². The van der Waals surface area contributed by atoms with Gasteiger partial charge in [0.05, 0.1) is 7.11 Å². The number of carbonyl (C=O) groups excluding carboxylic acids is 1. The molecule has 0 aliphatic rings. The van der Waals surface area contributed by atoms with Crippen LogP contribution >= 0.6 is 0 Å². The van der Waals surface area contributed by atoms with E-state index >= 15 is 0 Å². The third-order valence-electron chi connectivity index (χ3n) is 4.07. The summed E-state index contributed by atoms with van der Waals surface area (Å²) < 4.78 is 35.6. The van der Waals surface area contributed by atoms with Crippen molar-refractivity contribution < 1.29 is 22.1 Å². The lowest BCUT2D eigenvalue weighted by Gasteiger charge is -2.13. The average Bonchev–Trinajstić information content (AvgIpc) is 2.56. The summed E-state index contributed by atoms with van der Waals surface area (Å²) >= 11 is 0. The number of Topliss-reactive ketones (excluding diaryl/α,β-unsaturated/α-hetero) is 1. The van der Waals surface area contributed by atoms with Gasteiger partial charge in [0.15, 0.2) is 0 Å². The van der Waals surface area contributed by atoms with Gasteiger partial charge < -0.3 is 13.7 Å². The van der Waals surface area contributed by atoms with Crippen LogP contribution in [0.2, 0.25) is 0 Å². The first-order valence-corrected chi connectivity index (χ1v) is 9.32. The largest absolute Gasteiger partial charge is 0.496 e. The second-order valence-electron chi connectivity index (χ2n) is 5.90. The summed E-state index contributed by atoms with van der Waals surface area (Å²) in [6.45, 7) is 5.07. The molecular weight excluding hydrogens is 340 g/mol. The van der Waals surface area contributed by atoms with Crippen molar-refractivity contribution in [3.8, 4) is 11.5 Å². The molecule has 2 aromatic carbocycles. The summed E-state index contributed by atoms with van der Waals surface area (Å²) in [5.41, 5.74) is 2.31. The monoisotopic (exact) mass is 362 g/mol. The third kappa shape index (κ3) is 4.60. The minimum Gasteiger partial charge on any atom is -0.496 e. The number of rotatable bonds is 7. The molecule has 2 rings (SSSR count). The molecular formula is C19H22O5S. The Bertz CT molecular complexity index is 867. The minimum atomic E-state index is -3.94. The maximum absolute atomic E-state index is 12.6. The van der Waals surface area contributed by atoms with Crippen LogP contribution in [0.15, 0.2) is 41.3 Å². The smallest absolute Gasteiger partial charge is 0.339 e.